The molecule has 1 aliphatic heterocycles. The Kier molecular flexibility index (Phi) is 4.73. The lowest BCUT2D eigenvalue weighted by Crippen LogP contribution is -2.31. The van der Waals surface area contributed by atoms with E-state index in [-0.39, 0.29) is 6.10 Å². The van der Waals surface area contributed by atoms with Crippen molar-refractivity contribution in [2.24, 2.45) is 0 Å². The average molecular weight is 249 g/mol. The molecule has 2 rings (SSSR count). The molecular formula is C14H19NO3. The summed E-state index contributed by atoms with van der Waals surface area (Å²) in [6, 6.07) is 7.09. The molecule has 1 heterocycles. The summed E-state index contributed by atoms with van der Waals surface area (Å²) in [5, 5.41) is 12.3. The highest BCUT2D eigenvalue weighted by Gasteiger charge is 2.14. The lowest BCUT2D eigenvalue weighted by atomic mass is 10.1. The summed E-state index contributed by atoms with van der Waals surface area (Å²) in [5.74, 6) is -0.874. The number of carboxylic acid groups (broad SMARTS) is 1. The molecule has 1 aliphatic rings. The minimum absolute atomic E-state index is 0.274. The first-order chi connectivity index (χ1) is 8.77. The van der Waals surface area contributed by atoms with Crippen LogP contribution in [0.2, 0.25) is 0 Å². The van der Waals surface area contributed by atoms with Crippen LogP contribution in [0.1, 0.15) is 35.2 Å². The fraction of sp³-hybridized carbons (Fsp3) is 0.500. The van der Waals surface area contributed by atoms with E-state index in [2.05, 4.69) is 5.32 Å². The van der Waals surface area contributed by atoms with E-state index in [1.54, 1.807) is 12.1 Å². The third-order valence-corrected chi connectivity index (χ3v) is 3.21. The van der Waals surface area contributed by atoms with Crippen LogP contribution in [-0.4, -0.2) is 30.3 Å². The molecule has 18 heavy (non-hydrogen) atoms. The van der Waals surface area contributed by atoms with Gasteiger partial charge in [-0.3, -0.25) is 0 Å². The summed E-state index contributed by atoms with van der Waals surface area (Å²) in [6.07, 6.45) is 3.74. The SMILES string of the molecule is O=C(O)c1ccccc1CNCC1CCCCO1. The van der Waals surface area contributed by atoms with Crippen molar-refractivity contribution in [2.45, 2.75) is 31.9 Å². The highest BCUT2D eigenvalue weighted by atomic mass is 16.5. The van der Waals surface area contributed by atoms with Gasteiger partial charge in [0.15, 0.2) is 0 Å². The van der Waals surface area contributed by atoms with Crippen LogP contribution in [0.15, 0.2) is 24.3 Å². The minimum Gasteiger partial charge on any atom is -0.478 e. The van der Waals surface area contributed by atoms with Crippen molar-refractivity contribution in [3.05, 3.63) is 35.4 Å². The normalized spacial score (nSPS) is 19.7. The van der Waals surface area contributed by atoms with Crippen LogP contribution in [0.5, 0.6) is 0 Å². The second-order valence-corrected chi connectivity index (χ2v) is 4.58. The van der Waals surface area contributed by atoms with Crippen molar-refractivity contribution < 1.29 is 14.6 Å². The van der Waals surface area contributed by atoms with Crippen LogP contribution in [0.3, 0.4) is 0 Å². The Hall–Kier alpha value is -1.39. The third-order valence-electron chi connectivity index (χ3n) is 3.21. The zero-order valence-electron chi connectivity index (χ0n) is 10.4. The third kappa shape index (κ3) is 3.55. The molecule has 1 atom stereocenters. The van der Waals surface area contributed by atoms with Crippen molar-refractivity contribution in [3.63, 3.8) is 0 Å². The van der Waals surface area contributed by atoms with Gasteiger partial charge in [0.2, 0.25) is 0 Å². The molecule has 2 N–H and O–H groups in total. The first-order valence-electron chi connectivity index (χ1n) is 6.41. The summed E-state index contributed by atoms with van der Waals surface area (Å²) in [6.45, 7) is 2.20. The van der Waals surface area contributed by atoms with Gasteiger partial charge in [-0.05, 0) is 30.9 Å². The van der Waals surface area contributed by atoms with Gasteiger partial charge in [-0.15, -0.1) is 0 Å². The Bertz CT molecular complexity index is 400. The molecular weight excluding hydrogens is 230 g/mol. The van der Waals surface area contributed by atoms with E-state index >= 15 is 0 Å². The molecule has 98 valence electrons. The van der Waals surface area contributed by atoms with Crippen LogP contribution >= 0.6 is 0 Å². The van der Waals surface area contributed by atoms with Crippen molar-refractivity contribution in [1.29, 1.82) is 0 Å². The fourth-order valence-corrected chi connectivity index (χ4v) is 2.22. The Morgan fingerprint density at radius 2 is 2.22 bits per heavy atom. The van der Waals surface area contributed by atoms with Crippen molar-refractivity contribution in [3.8, 4) is 0 Å². The van der Waals surface area contributed by atoms with Crippen LogP contribution in [-0.2, 0) is 11.3 Å². The van der Waals surface area contributed by atoms with E-state index in [0.29, 0.717) is 12.1 Å². The molecule has 4 nitrogen and oxygen atoms in total. The van der Waals surface area contributed by atoms with Gasteiger partial charge < -0.3 is 15.2 Å². The molecule has 0 spiro atoms. The summed E-state index contributed by atoms with van der Waals surface area (Å²) < 4.78 is 5.61. The number of ether oxygens (including phenoxy) is 1. The lowest BCUT2D eigenvalue weighted by Gasteiger charge is -2.22. The monoisotopic (exact) mass is 249 g/mol. The van der Waals surface area contributed by atoms with E-state index in [4.69, 9.17) is 9.84 Å². The Morgan fingerprint density at radius 3 is 2.94 bits per heavy atom. The maximum Gasteiger partial charge on any atom is 0.336 e. The molecule has 1 aromatic rings. The van der Waals surface area contributed by atoms with Crippen LogP contribution in [0.4, 0.5) is 0 Å². The van der Waals surface area contributed by atoms with Gasteiger partial charge in [0, 0.05) is 19.7 Å². The van der Waals surface area contributed by atoms with E-state index in [1.165, 1.54) is 6.42 Å². The number of benzene rings is 1. The highest BCUT2D eigenvalue weighted by Crippen LogP contribution is 2.12. The number of hydrogen-bond donors (Lipinski definition) is 2. The topological polar surface area (TPSA) is 58.6 Å². The first-order valence-corrected chi connectivity index (χ1v) is 6.41. The van der Waals surface area contributed by atoms with E-state index in [0.717, 1.165) is 31.6 Å². The molecule has 0 bridgehead atoms. The summed E-state index contributed by atoms with van der Waals surface area (Å²) >= 11 is 0. The first kappa shape index (κ1) is 13.1. The van der Waals surface area contributed by atoms with Crippen LogP contribution < -0.4 is 5.32 Å². The molecule has 0 amide bonds. The van der Waals surface area contributed by atoms with Crippen molar-refractivity contribution in [1.82, 2.24) is 5.32 Å². The number of aromatic carboxylic acids is 1. The maximum atomic E-state index is 11.0. The minimum atomic E-state index is -0.874. The van der Waals surface area contributed by atoms with Gasteiger partial charge in [-0.25, -0.2) is 4.79 Å². The number of carboxylic acids is 1. The summed E-state index contributed by atoms with van der Waals surface area (Å²) in [7, 11) is 0. The number of hydrogen-bond acceptors (Lipinski definition) is 3. The lowest BCUT2D eigenvalue weighted by molar-refractivity contribution is 0.0168. The standard InChI is InChI=1S/C14H19NO3/c16-14(17)13-7-2-1-5-11(13)9-15-10-12-6-3-4-8-18-12/h1-2,5,7,12,15H,3-4,6,8-10H2,(H,16,17). The van der Waals surface area contributed by atoms with Gasteiger partial charge in [0.05, 0.1) is 11.7 Å². The number of carbonyl (C=O) groups is 1. The van der Waals surface area contributed by atoms with Crippen molar-refractivity contribution in [2.75, 3.05) is 13.2 Å². The second kappa shape index (κ2) is 6.52. The molecule has 0 saturated carbocycles. The van der Waals surface area contributed by atoms with Gasteiger partial charge in [-0.1, -0.05) is 18.2 Å². The van der Waals surface area contributed by atoms with Gasteiger partial charge >= 0.3 is 5.97 Å². The molecule has 0 radical (unpaired) electrons. The molecule has 1 unspecified atom stereocenters. The van der Waals surface area contributed by atoms with E-state index < -0.39 is 5.97 Å². The smallest absolute Gasteiger partial charge is 0.336 e. The summed E-state index contributed by atoms with van der Waals surface area (Å²) in [4.78, 5) is 11.0. The zero-order valence-corrected chi connectivity index (χ0v) is 10.4. The van der Waals surface area contributed by atoms with E-state index in [1.807, 2.05) is 12.1 Å². The van der Waals surface area contributed by atoms with E-state index in [9.17, 15) is 4.79 Å². The number of nitrogens with one attached hydrogen (secondary N) is 1. The molecule has 1 saturated heterocycles. The van der Waals surface area contributed by atoms with Gasteiger partial charge in [-0.2, -0.15) is 0 Å². The molecule has 0 aromatic heterocycles. The zero-order chi connectivity index (χ0) is 12.8. The molecule has 1 fully saturated rings. The average Bonchev–Trinajstić information content (AvgIpc) is 2.40. The largest absolute Gasteiger partial charge is 0.478 e. The predicted octanol–water partition coefficient (Wildman–Crippen LogP) is 2.04. The highest BCUT2D eigenvalue weighted by molar-refractivity contribution is 5.89. The van der Waals surface area contributed by atoms with Crippen LogP contribution in [0, 0.1) is 0 Å². The maximum absolute atomic E-state index is 11.0. The Labute approximate surface area is 107 Å². The predicted molar refractivity (Wildman–Crippen MR) is 68.7 cm³/mol. The van der Waals surface area contributed by atoms with Gasteiger partial charge in [0.1, 0.15) is 0 Å². The fourth-order valence-electron chi connectivity index (χ4n) is 2.22. The quantitative estimate of drug-likeness (QED) is 0.838. The summed E-state index contributed by atoms with van der Waals surface area (Å²) in [5.41, 5.74) is 1.19. The van der Waals surface area contributed by atoms with Crippen molar-refractivity contribution >= 4 is 5.97 Å². The van der Waals surface area contributed by atoms with Crippen LogP contribution in [0.25, 0.3) is 0 Å². The number of rotatable bonds is 5. The Morgan fingerprint density at radius 1 is 1.39 bits per heavy atom. The Balaban J connectivity index is 1.84. The molecule has 4 heteroatoms. The molecule has 0 aliphatic carbocycles. The second-order valence-electron chi connectivity index (χ2n) is 4.58. The van der Waals surface area contributed by atoms with Gasteiger partial charge in [0.25, 0.3) is 0 Å². The molecule has 1 aromatic carbocycles.